The molecule has 0 aromatic heterocycles. The first-order chi connectivity index (χ1) is 8.80. The van der Waals surface area contributed by atoms with Crippen molar-refractivity contribution in [3.63, 3.8) is 0 Å². The van der Waals surface area contributed by atoms with Gasteiger partial charge >= 0.3 is 0 Å². The quantitative estimate of drug-likeness (QED) is 0.833. The third kappa shape index (κ3) is 3.55. The highest BCUT2D eigenvalue weighted by Gasteiger charge is 2.29. The summed E-state index contributed by atoms with van der Waals surface area (Å²) in [5.74, 6) is 0.228. The molecule has 104 valence electrons. The Hall–Kier alpha value is -1.38. The van der Waals surface area contributed by atoms with Crippen LogP contribution in [0.1, 0.15) is 33.3 Å². The number of nitriles is 1. The molecule has 0 aliphatic heterocycles. The molecule has 0 bridgehead atoms. The van der Waals surface area contributed by atoms with Crippen LogP contribution in [0, 0.1) is 17.2 Å². The lowest BCUT2D eigenvalue weighted by Gasteiger charge is -2.27. The van der Waals surface area contributed by atoms with Crippen LogP contribution in [0.3, 0.4) is 0 Å². The molecule has 0 heterocycles. The Bertz CT molecular complexity index is 571. The highest BCUT2D eigenvalue weighted by molar-refractivity contribution is 7.89. The summed E-state index contributed by atoms with van der Waals surface area (Å²) >= 11 is 0. The molecule has 0 fully saturated rings. The maximum Gasteiger partial charge on any atom is 0.244 e. The highest BCUT2D eigenvalue weighted by Crippen LogP contribution is 2.22. The number of rotatable bonds is 5. The molecule has 0 amide bonds. The topological polar surface area (TPSA) is 61.2 Å². The second kappa shape index (κ2) is 6.18. The lowest BCUT2D eigenvalue weighted by Crippen LogP contribution is -2.39. The SMILES string of the molecule is CC(C)CN(C(C)C)S(=O)(=O)c1ccccc1C#N. The standard InChI is InChI=1S/C14H20N2O2S/c1-11(2)10-16(12(3)4)19(17,18)14-8-6-5-7-13(14)9-15/h5-8,11-12H,10H2,1-4H3. The van der Waals surface area contributed by atoms with Crippen molar-refractivity contribution in [3.05, 3.63) is 29.8 Å². The Labute approximate surface area is 115 Å². The molecule has 0 saturated carbocycles. The lowest BCUT2D eigenvalue weighted by atomic mass is 10.2. The normalized spacial score (nSPS) is 12.1. The molecule has 0 aliphatic carbocycles. The Morgan fingerprint density at radius 3 is 2.26 bits per heavy atom. The first kappa shape index (κ1) is 15.7. The van der Waals surface area contributed by atoms with Crippen LogP contribution < -0.4 is 0 Å². The summed E-state index contributed by atoms with van der Waals surface area (Å²) in [7, 11) is -3.63. The van der Waals surface area contributed by atoms with E-state index in [4.69, 9.17) is 5.26 Å². The molecule has 1 rings (SSSR count). The molecule has 0 radical (unpaired) electrons. The van der Waals surface area contributed by atoms with Crippen molar-refractivity contribution >= 4 is 10.0 Å². The predicted octanol–water partition coefficient (Wildman–Crippen LogP) is 2.61. The van der Waals surface area contributed by atoms with E-state index in [0.717, 1.165) is 0 Å². The van der Waals surface area contributed by atoms with Crippen molar-refractivity contribution in [3.8, 4) is 6.07 Å². The molecule has 0 aliphatic rings. The van der Waals surface area contributed by atoms with E-state index in [1.807, 2.05) is 33.8 Å². The van der Waals surface area contributed by atoms with Crippen molar-refractivity contribution in [2.24, 2.45) is 5.92 Å². The van der Waals surface area contributed by atoms with Gasteiger partial charge in [-0.25, -0.2) is 8.42 Å². The van der Waals surface area contributed by atoms with Gasteiger partial charge in [-0.2, -0.15) is 9.57 Å². The van der Waals surface area contributed by atoms with Gasteiger partial charge < -0.3 is 0 Å². The van der Waals surface area contributed by atoms with Crippen LogP contribution in [0.4, 0.5) is 0 Å². The maximum absolute atomic E-state index is 12.7. The van der Waals surface area contributed by atoms with Crippen LogP contribution in [0.5, 0.6) is 0 Å². The third-order valence-corrected chi connectivity index (χ3v) is 4.82. The summed E-state index contributed by atoms with van der Waals surface area (Å²) in [4.78, 5) is 0.0897. The van der Waals surface area contributed by atoms with Gasteiger partial charge in [0.1, 0.15) is 6.07 Å². The van der Waals surface area contributed by atoms with Crippen LogP contribution in [0.25, 0.3) is 0 Å². The second-order valence-electron chi connectivity index (χ2n) is 5.17. The van der Waals surface area contributed by atoms with Gasteiger partial charge in [-0.15, -0.1) is 0 Å². The zero-order chi connectivity index (χ0) is 14.6. The van der Waals surface area contributed by atoms with E-state index in [2.05, 4.69) is 0 Å². The van der Waals surface area contributed by atoms with Gasteiger partial charge in [0.05, 0.1) is 10.5 Å². The molecule has 4 nitrogen and oxygen atoms in total. The van der Waals surface area contributed by atoms with Crippen LogP contribution in [0.2, 0.25) is 0 Å². The van der Waals surface area contributed by atoms with E-state index in [-0.39, 0.29) is 22.4 Å². The molecule has 0 saturated heterocycles. The number of nitrogens with zero attached hydrogens (tertiary/aromatic N) is 2. The number of hydrogen-bond donors (Lipinski definition) is 0. The smallest absolute Gasteiger partial charge is 0.207 e. The molecular weight excluding hydrogens is 260 g/mol. The van der Waals surface area contributed by atoms with E-state index in [1.54, 1.807) is 12.1 Å². The van der Waals surface area contributed by atoms with E-state index >= 15 is 0 Å². The van der Waals surface area contributed by atoms with E-state index in [9.17, 15) is 8.42 Å². The fourth-order valence-electron chi connectivity index (χ4n) is 1.86. The van der Waals surface area contributed by atoms with Crippen molar-refractivity contribution in [1.82, 2.24) is 4.31 Å². The van der Waals surface area contributed by atoms with E-state index in [1.165, 1.54) is 16.4 Å². The number of sulfonamides is 1. The minimum absolute atomic E-state index is 0.0897. The monoisotopic (exact) mass is 280 g/mol. The number of hydrogen-bond acceptors (Lipinski definition) is 3. The third-order valence-electron chi connectivity index (χ3n) is 2.72. The minimum atomic E-state index is -3.63. The minimum Gasteiger partial charge on any atom is -0.207 e. The van der Waals surface area contributed by atoms with Crippen molar-refractivity contribution in [2.45, 2.75) is 38.6 Å². The van der Waals surface area contributed by atoms with E-state index < -0.39 is 10.0 Å². The Morgan fingerprint density at radius 1 is 1.21 bits per heavy atom. The van der Waals surface area contributed by atoms with Gasteiger partial charge in [-0.3, -0.25) is 0 Å². The summed E-state index contributed by atoms with van der Waals surface area (Å²) in [5.41, 5.74) is 0.192. The van der Waals surface area contributed by atoms with Gasteiger partial charge in [0.15, 0.2) is 0 Å². The first-order valence-corrected chi connectivity index (χ1v) is 7.75. The summed E-state index contributed by atoms with van der Waals surface area (Å²) in [6.07, 6.45) is 0. The molecule has 0 N–H and O–H groups in total. The average Bonchev–Trinajstić information content (AvgIpc) is 2.35. The molecule has 19 heavy (non-hydrogen) atoms. The van der Waals surface area contributed by atoms with Crippen LogP contribution in [0.15, 0.2) is 29.2 Å². The maximum atomic E-state index is 12.7. The van der Waals surface area contributed by atoms with Gasteiger partial charge in [0.25, 0.3) is 0 Å². The predicted molar refractivity (Wildman–Crippen MR) is 75.0 cm³/mol. The fourth-order valence-corrected chi connectivity index (χ4v) is 3.80. The summed E-state index contributed by atoms with van der Waals surface area (Å²) in [5, 5.41) is 9.05. The summed E-state index contributed by atoms with van der Waals surface area (Å²) in [6, 6.07) is 8.13. The highest BCUT2D eigenvalue weighted by atomic mass is 32.2. The van der Waals surface area contributed by atoms with Crippen LogP contribution >= 0.6 is 0 Å². The van der Waals surface area contributed by atoms with Crippen LogP contribution in [-0.2, 0) is 10.0 Å². The summed E-state index contributed by atoms with van der Waals surface area (Å²) in [6.45, 7) is 8.08. The van der Waals surface area contributed by atoms with Crippen molar-refractivity contribution in [2.75, 3.05) is 6.54 Å². The average molecular weight is 280 g/mol. The Balaban J connectivity index is 3.32. The van der Waals surface area contributed by atoms with Crippen molar-refractivity contribution in [1.29, 1.82) is 5.26 Å². The Kier molecular flexibility index (Phi) is 5.10. The van der Waals surface area contributed by atoms with Gasteiger partial charge in [0, 0.05) is 12.6 Å². The molecule has 0 spiro atoms. The van der Waals surface area contributed by atoms with Gasteiger partial charge in [0.2, 0.25) is 10.0 Å². The van der Waals surface area contributed by atoms with Gasteiger partial charge in [-0.1, -0.05) is 26.0 Å². The molecule has 0 atom stereocenters. The zero-order valence-corrected chi connectivity index (χ0v) is 12.6. The zero-order valence-electron chi connectivity index (χ0n) is 11.8. The van der Waals surface area contributed by atoms with Crippen molar-refractivity contribution < 1.29 is 8.42 Å². The largest absolute Gasteiger partial charge is 0.244 e. The second-order valence-corrected chi connectivity index (χ2v) is 7.03. The van der Waals surface area contributed by atoms with Crippen LogP contribution in [-0.4, -0.2) is 25.3 Å². The van der Waals surface area contributed by atoms with Gasteiger partial charge in [-0.05, 0) is 31.9 Å². The van der Waals surface area contributed by atoms with E-state index in [0.29, 0.717) is 6.54 Å². The first-order valence-electron chi connectivity index (χ1n) is 6.31. The fraction of sp³-hybridized carbons (Fsp3) is 0.500. The molecular formula is C14H20N2O2S. The summed E-state index contributed by atoms with van der Waals surface area (Å²) < 4.78 is 26.8. The molecule has 1 aromatic rings. The molecule has 5 heteroatoms. The molecule has 1 aromatic carbocycles. The number of benzene rings is 1. The Morgan fingerprint density at radius 2 is 1.79 bits per heavy atom. The molecule has 0 unspecified atom stereocenters. The lowest BCUT2D eigenvalue weighted by molar-refractivity contribution is 0.319.